The minimum Gasteiger partial charge on any atom is -0.338 e. The number of hydrogen-bond donors (Lipinski definition) is 2. The largest absolute Gasteiger partial charge is 0.338 e. The van der Waals surface area contributed by atoms with Gasteiger partial charge in [0, 0.05) is 13.6 Å². The first-order valence-corrected chi connectivity index (χ1v) is 8.03. The third kappa shape index (κ3) is 3.89. The number of carbonyl (C=O) groups is 2. The first-order valence-electron chi connectivity index (χ1n) is 7.15. The van der Waals surface area contributed by atoms with Crippen molar-refractivity contribution < 1.29 is 9.59 Å². The van der Waals surface area contributed by atoms with Crippen LogP contribution in [0.3, 0.4) is 0 Å². The Bertz CT molecular complexity index is 803. The highest BCUT2D eigenvalue weighted by Crippen LogP contribution is 2.21. The highest BCUT2D eigenvalue weighted by atomic mass is 32.2. The fourth-order valence-corrected chi connectivity index (χ4v) is 2.81. The van der Waals surface area contributed by atoms with Crippen LogP contribution in [0.5, 0.6) is 0 Å². The number of nitrogens with one attached hydrogen (secondary N) is 2. The zero-order valence-corrected chi connectivity index (χ0v) is 13.9. The van der Waals surface area contributed by atoms with Gasteiger partial charge in [0.2, 0.25) is 5.91 Å². The Labute approximate surface area is 137 Å². The number of thioether (sulfide) groups is 1. The molecule has 0 saturated carbocycles. The molecule has 2 rings (SSSR count). The molecule has 1 aromatic heterocycles. The van der Waals surface area contributed by atoms with Crippen LogP contribution in [0.2, 0.25) is 0 Å². The summed E-state index contributed by atoms with van der Waals surface area (Å²) in [6, 6.07) is 6.50. The van der Waals surface area contributed by atoms with E-state index in [0.717, 1.165) is 11.8 Å². The van der Waals surface area contributed by atoms with Gasteiger partial charge in [0.15, 0.2) is 5.16 Å². The Morgan fingerprint density at radius 2 is 2.04 bits per heavy atom. The number of aromatic nitrogens is 2. The molecule has 0 aliphatic rings. The van der Waals surface area contributed by atoms with E-state index in [9.17, 15) is 14.4 Å². The first kappa shape index (κ1) is 17.0. The molecular formula is C15H18N4O3S. The first-order chi connectivity index (χ1) is 10.9. The Hall–Kier alpha value is -2.35. The van der Waals surface area contributed by atoms with Crippen LogP contribution in [0.15, 0.2) is 34.2 Å². The predicted octanol–water partition coefficient (Wildman–Crippen LogP) is 1.26. The van der Waals surface area contributed by atoms with Crippen molar-refractivity contribution in [3.8, 4) is 0 Å². The normalized spacial score (nSPS) is 12.0. The molecule has 0 aliphatic carbocycles. The molecule has 3 amide bonds. The van der Waals surface area contributed by atoms with Crippen LogP contribution in [0, 0.1) is 0 Å². The lowest BCUT2D eigenvalue weighted by Crippen LogP contribution is -2.42. The van der Waals surface area contributed by atoms with Gasteiger partial charge in [0.1, 0.15) is 0 Å². The number of fused-ring (bicyclic) bond motifs is 1. The molecule has 0 fully saturated rings. The number of urea groups is 1. The van der Waals surface area contributed by atoms with Crippen molar-refractivity contribution >= 4 is 34.6 Å². The van der Waals surface area contributed by atoms with Crippen molar-refractivity contribution in [1.29, 1.82) is 0 Å². The minimum absolute atomic E-state index is 0.172. The van der Waals surface area contributed by atoms with Crippen LogP contribution in [0.1, 0.15) is 13.8 Å². The molecule has 23 heavy (non-hydrogen) atoms. The predicted molar refractivity (Wildman–Crippen MR) is 89.5 cm³/mol. The van der Waals surface area contributed by atoms with E-state index in [-0.39, 0.29) is 5.56 Å². The number of rotatable bonds is 4. The molecule has 1 atom stereocenters. The molecule has 1 unspecified atom stereocenters. The second kappa shape index (κ2) is 7.28. The molecule has 0 spiro atoms. The minimum atomic E-state index is -0.572. The summed E-state index contributed by atoms with van der Waals surface area (Å²) >= 11 is 1.13. The van der Waals surface area contributed by atoms with Crippen LogP contribution >= 0.6 is 11.8 Å². The highest BCUT2D eigenvalue weighted by molar-refractivity contribution is 8.00. The van der Waals surface area contributed by atoms with Crippen molar-refractivity contribution in [3.63, 3.8) is 0 Å². The van der Waals surface area contributed by atoms with Gasteiger partial charge in [-0.2, -0.15) is 0 Å². The Morgan fingerprint density at radius 3 is 2.74 bits per heavy atom. The van der Waals surface area contributed by atoms with E-state index >= 15 is 0 Å². The van der Waals surface area contributed by atoms with Gasteiger partial charge >= 0.3 is 6.03 Å². The van der Waals surface area contributed by atoms with E-state index in [1.807, 2.05) is 0 Å². The molecule has 0 aliphatic heterocycles. The summed E-state index contributed by atoms with van der Waals surface area (Å²) in [5.41, 5.74) is 0.406. The maximum atomic E-state index is 12.3. The lowest BCUT2D eigenvalue weighted by molar-refractivity contribution is -0.119. The second-order valence-corrected chi connectivity index (χ2v) is 6.19. The number of carbonyl (C=O) groups excluding carboxylic acids is 2. The third-order valence-corrected chi connectivity index (χ3v) is 4.31. The van der Waals surface area contributed by atoms with Crippen molar-refractivity contribution in [2.24, 2.45) is 7.05 Å². The maximum Gasteiger partial charge on any atom is 0.321 e. The molecule has 2 aromatic rings. The van der Waals surface area contributed by atoms with E-state index in [4.69, 9.17) is 0 Å². The second-order valence-electron chi connectivity index (χ2n) is 4.88. The maximum absolute atomic E-state index is 12.3. The van der Waals surface area contributed by atoms with E-state index in [2.05, 4.69) is 15.6 Å². The summed E-state index contributed by atoms with van der Waals surface area (Å²) in [5.74, 6) is -0.441. The van der Waals surface area contributed by atoms with Gasteiger partial charge in [-0.1, -0.05) is 23.9 Å². The van der Waals surface area contributed by atoms with Gasteiger partial charge in [-0.25, -0.2) is 9.78 Å². The molecule has 1 aromatic carbocycles. The van der Waals surface area contributed by atoms with Crippen molar-refractivity contribution in [1.82, 2.24) is 20.2 Å². The average molecular weight is 334 g/mol. The standard InChI is InChI=1S/C15H18N4O3S/c1-4-16-14(22)18-12(20)9(2)23-15-17-11-8-6-5-7-10(11)13(21)19(15)3/h5-9H,4H2,1-3H3,(H2,16,18,20,22). The number of amides is 3. The fourth-order valence-electron chi connectivity index (χ4n) is 1.93. The van der Waals surface area contributed by atoms with E-state index in [1.54, 1.807) is 45.2 Å². The van der Waals surface area contributed by atoms with Gasteiger partial charge in [-0.05, 0) is 26.0 Å². The number of nitrogens with zero attached hydrogens (tertiary/aromatic N) is 2. The van der Waals surface area contributed by atoms with Crippen molar-refractivity contribution in [3.05, 3.63) is 34.6 Å². The molecule has 122 valence electrons. The zero-order chi connectivity index (χ0) is 17.0. The number of para-hydroxylation sites is 1. The average Bonchev–Trinajstić information content (AvgIpc) is 2.52. The number of benzene rings is 1. The lowest BCUT2D eigenvalue weighted by atomic mass is 10.2. The summed E-state index contributed by atoms with van der Waals surface area (Å²) in [4.78, 5) is 40.1. The Kier molecular flexibility index (Phi) is 5.38. The molecule has 7 nitrogen and oxygen atoms in total. The van der Waals surface area contributed by atoms with Crippen LogP contribution in [-0.2, 0) is 11.8 Å². The smallest absolute Gasteiger partial charge is 0.321 e. The van der Waals surface area contributed by atoms with E-state index in [0.29, 0.717) is 22.6 Å². The molecule has 8 heteroatoms. The number of hydrogen-bond acceptors (Lipinski definition) is 5. The quantitative estimate of drug-likeness (QED) is 0.648. The summed E-state index contributed by atoms with van der Waals surface area (Å²) in [5, 5.41) is 5.11. The van der Waals surface area contributed by atoms with Gasteiger partial charge in [0.05, 0.1) is 16.2 Å². The summed E-state index contributed by atoms with van der Waals surface area (Å²) in [6.45, 7) is 3.85. The number of imide groups is 1. The van der Waals surface area contributed by atoms with E-state index in [1.165, 1.54) is 4.57 Å². The summed E-state index contributed by atoms with van der Waals surface area (Å²) < 4.78 is 1.41. The zero-order valence-electron chi connectivity index (χ0n) is 13.1. The van der Waals surface area contributed by atoms with Gasteiger partial charge in [0.25, 0.3) is 5.56 Å². The summed E-state index contributed by atoms with van der Waals surface area (Å²) in [6.07, 6.45) is 0. The lowest BCUT2D eigenvalue weighted by Gasteiger charge is -2.13. The SMILES string of the molecule is CCNC(=O)NC(=O)C(C)Sc1nc2ccccc2c(=O)n1C. The van der Waals surface area contributed by atoms with Crippen LogP contribution in [0.25, 0.3) is 10.9 Å². The Morgan fingerprint density at radius 1 is 1.35 bits per heavy atom. The van der Waals surface area contributed by atoms with Gasteiger partial charge in [-0.15, -0.1) is 0 Å². The monoisotopic (exact) mass is 334 g/mol. The van der Waals surface area contributed by atoms with Crippen LogP contribution in [-0.4, -0.2) is 33.3 Å². The molecule has 1 heterocycles. The molecule has 0 radical (unpaired) electrons. The Balaban J connectivity index is 2.21. The molecule has 2 N–H and O–H groups in total. The summed E-state index contributed by atoms with van der Waals surface area (Å²) in [7, 11) is 1.61. The van der Waals surface area contributed by atoms with Crippen molar-refractivity contribution in [2.45, 2.75) is 24.3 Å². The van der Waals surface area contributed by atoms with Crippen molar-refractivity contribution in [2.75, 3.05) is 6.54 Å². The highest BCUT2D eigenvalue weighted by Gasteiger charge is 2.19. The molecule has 0 bridgehead atoms. The van der Waals surface area contributed by atoms with E-state index < -0.39 is 17.2 Å². The topological polar surface area (TPSA) is 93.1 Å². The van der Waals surface area contributed by atoms with Crippen LogP contribution in [0.4, 0.5) is 4.79 Å². The van der Waals surface area contributed by atoms with Gasteiger partial charge < -0.3 is 5.32 Å². The molecule has 0 saturated heterocycles. The van der Waals surface area contributed by atoms with Crippen LogP contribution < -0.4 is 16.2 Å². The fraction of sp³-hybridized carbons (Fsp3) is 0.333. The molecular weight excluding hydrogens is 316 g/mol. The van der Waals surface area contributed by atoms with Gasteiger partial charge in [-0.3, -0.25) is 19.5 Å². The third-order valence-electron chi connectivity index (χ3n) is 3.17.